The van der Waals surface area contributed by atoms with Gasteiger partial charge in [-0.1, -0.05) is 24.3 Å². The Morgan fingerprint density at radius 2 is 0.806 bits per heavy atom. The summed E-state index contributed by atoms with van der Waals surface area (Å²) in [4.78, 5) is 32.2. The zero-order valence-electron chi connectivity index (χ0n) is 36.9. The van der Waals surface area contributed by atoms with Gasteiger partial charge in [0, 0.05) is 37.6 Å². The molecule has 0 aliphatic rings. The number of H-pyrrole nitrogens is 2. The van der Waals surface area contributed by atoms with Gasteiger partial charge in [-0.3, -0.25) is 28.2 Å². The Balaban J connectivity index is 1.38. The van der Waals surface area contributed by atoms with Gasteiger partial charge in [-0.25, -0.2) is 9.98 Å². The number of hydrogen-bond donors (Lipinski definition) is 12. The lowest BCUT2D eigenvalue weighted by Crippen LogP contribution is -2.33. The smallest absolute Gasteiger partial charge is 0.295 e. The van der Waals surface area contributed by atoms with Crippen LogP contribution >= 0.6 is 0 Å². The molecule has 28 nitrogen and oxygen atoms in total. The van der Waals surface area contributed by atoms with Gasteiger partial charge in [-0.15, -0.1) is 0 Å². The summed E-state index contributed by atoms with van der Waals surface area (Å²) < 4.78 is 136. The summed E-state index contributed by atoms with van der Waals surface area (Å²) in [6.45, 7) is -1.58. The predicted molar refractivity (Wildman–Crippen MR) is 257 cm³/mol. The van der Waals surface area contributed by atoms with Crippen LogP contribution in [0.15, 0.2) is 114 Å². The van der Waals surface area contributed by atoms with Crippen molar-refractivity contribution in [1.29, 1.82) is 0 Å². The second kappa shape index (κ2) is 23.0. The van der Waals surface area contributed by atoms with E-state index in [0.717, 1.165) is 48.6 Å². The van der Waals surface area contributed by atoms with E-state index in [1.807, 2.05) is 0 Å². The Morgan fingerprint density at radius 1 is 0.472 bits per heavy atom. The van der Waals surface area contributed by atoms with E-state index in [9.17, 15) is 72.3 Å². The number of anilines is 6. The van der Waals surface area contributed by atoms with E-state index < -0.39 is 60.1 Å². The largest absolute Gasteiger partial charge is 0.395 e. The van der Waals surface area contributed by atoms with Gasteiger partial charge >= 0.3 is 0 Å². The second-order valence-electron chi connectivity index (χ2n) is 14.7. The second-order valence-corrected chi connectivity index (χ2v) is 20.3. The molecule has 384 valence electrons. The maximum atomic E-state index is 12.8. The van der Waals surface area contributed by atoms with Crippen molar-refractivity contribution in [1.82, 2.24) is 29.9 Å². The van der Waals surface area contributed by atoms with Crippen molar-refractivity contribution in [2.24, 2.45) is 9.98 Å². The third-order valence-corrected chi connectivity index (χ3v) is 13.2. The molecule has 0 aliphatic carbocycles. The fraction of sp³-hybridized carbons (Fsp3) is 0.200. The normalized spacial score (nSPS) is 12.9. The van der Waals surface area contributed by atoms with Crippen molar-refractivity contribution in [3.63, 3.8) is 0 Å². The minimum absolute atomic E-state index is 0.0144. The molecule has 0 aliphatic heterocycles. The Bertz CT molecular complexity index is 3320. The fourth-order valence-electron chi connectivity index (χ4n) is 6.42. The average molecular weight is 1080 g/mol. The summed E-state index contributed by atoms with van der Waals surface area (Å²) in [5, 5.41) is 44.3. The van der Waals surface area contributed by atoms with Gasteiger partial charge in [0.05, 0.1) is 47.6 Å². The lowest BCUT2D eigenvalue weighted by atomic mass is 10.1. The molecule has 0 spiro atoms. The molecule has 4 aromatic carbocycles. The molecule has 6 rings (SSSR count). The van der Waals surface area contributed by atoms with Gasteiger partial charge < -0.3 is 40.9 Å². The SMILES string of the molecule is O=S(=O)(O)c1ccc(Nc2nc(N(CCO)CCO)[nH]c(=Nc3ccc(/C=C\c4ccc(N=c5nc(Nc6ccc(S(=O)(=O)O)cc6)nc(N(CCO)CCO)[nH]5)cc4S(=O)(=O)O)c(S(=O)(=O)O)c3)n2)cc1. The molecule has 0 atom stereocenters. The molecule has 2 aromatic heterocycles. The van der Waals surface area contributed by atoms with Gasteiger partial charge in [-0.2, -0.15) is 53.6 Å². The summed E-state index contributed by atoms with van der Waals surface area (Å²) in [6.07, 6.45) is 2.25. The molecule has 72 heavy (non-hydrogen) atoms. The van der Waals surface area contributed by atoms with Crippen LogP contribution in [0.1, 0.15) is 11.1 Å². The van der Waals surface area contributed by atoms with Gasteiger partial charge in [0.15, 0.2) is 0 Å². The maximum absolute atomic E-state index is 12.8. The lowest BCUT2D eigenvalue weighted by Gasteiger charge is -2.21. The van der Waals surface area contributed by atoms with E-state index >= 15 is 0 Å². The van der Waals surface area contributed by atoms with Crippen molar-refractivity contribution in [2.75, 3.05) is 73.0 Å². The molecular weight excluding hydrogens is 1030 g/mol. The summed E-state index contributed by atoms with van der Waals surface area (Å²) >= 11 is 0. The first-order valence-electron chi connectivity index (χ1n) is 20.6. The highest BCUT2D eigenvalue weighted by Gasteiger charge is 2.20. The van der Waals surface area contributed by atoms with Crippen LogP contribution in [0.3, 0.4) is 0 Å². The van der Waals surface area contributed by atoms with Crippen LogP contribution in [0.25, 0.3) is 12.2 Å². The Hall–Kier alpha value is -7.08. The third kappa shape index (κ3) is 14.7. The molecule has 6 aromatic rings. The predicted octanol–water partition coefficient (Wildman–Crippen LogP) is 0.614. The molecule has 2 heterocycles. The number of benzene rings is 4. The summed E-state index contributed by atoms with van der Waals surface area (Å²) in [6, 6.07) is 16.6. The van der Waals surface area contributed by atoms with Crippen LogP contribution in [-0.2, 0) is 40.5 Å². The molecule has 0 saturated carbocycles. The molecule has 0 unspecified atom stereocenters. The van der Waals surface area contributed by atoms with Crippen molar-refractivity contribution >= 4 is 99.2 Å². The number of aromatic amines is 2. The molecule has 0 fully saturated rings. The number of aliphatic hydroxyl groups excluding tert-OH is 4. The van der Waals surface area contributed by atoms with Crippen LogP contribution in [0.4, 0.5) is 46.5 Å². The number of nitrogens with zero attached hydrogens (tertiary/aromatic N) is 8. The van der Waals surface area contributed by atoms with Crippen molar-refractivity contribution < 1.29 is 72.3 Å². The number of rotatable bonds is 22. The first-order chi connectivity index (χ1) is 34.0. The van der Waals surface area contributed by atoms with Crippen LogP contribution < -0.4 is 31.7 Å². The highest BCUT2D eigenvalue weighted by Crippen LogP contribution is 2.28. The molecule has 0 saturated heterocycles. The van der Waals surface area contributed by atoms with E-state index in [1.54, 1.807) is 0 Å². The van der Waals surface area contributed by atoms with E-state index in [2.05, 4.69) is 50.5 Å². The number of nitrogens with one attached hydrogen (secondary N) is 4. The van der Waals surface area contributed by atoms with Gasteiger partial charge in [0.1, 0.15) is 9.79 Å². The molecule has 32 heteroatoms. The van der Waals surface area contributed by atoms with Gasteiger partial charge in [0.2, 0.25) is 35.0 Å². The Labute approximate surface area is 409 Å². The summed E-state index contributed by atoms with van der Waals surface area (Å²) in [7, 11) is -19.1. The van der Waals surface area contributed by atoms with Crippen LogP contribution in [-0.4, -0.2) is 155 Å². The molecule has 0 bridgehead atoms. The van der Waals surface area contributed by atoms with E-state index in [1.165, 1.54) is 58.3 Å². The zero-order valence-corrected chi connectivity index (χ0v) is 40.2. The minimum Gasteiger partial charge on any atom is -0.395 e. The van der Waals surface area contributed by atoms with Crippen LogP contribution in [0.2, 0.25) is 0 Å². The maximum Gasteiger partial charge on any atom is 0.295 e. The molecular formula is C40H44N12O16S4. The standard InChI is InChI=1S/C40H44N12O16S4/c53-19-15-51(16-20-54)39-47-35(41-27-7-11-31(12-8-27)69(57,58)59)45-37(49-39)43-29-5-3-25(33(23-29)71(63,64)65)1-2-26-4-6-30(24-34(26)72(66,67)68)44-38-46-36(48-40(50-38)52(17-21-55)18-22-56)42-28-9-13-32(14-10-28)70(60,61)62/h1-14,23-24,53-56H,15-22H2,(H,57,58,59)(H,60,61,62)(H,63,64,65)(H,66,67,68)(H2,41,43,45,47,49)(H2,42,44,46,48,50)/b2-1-. The Morgan fingerprint density at radius 3 is 1.10 bits per heavy atom. The number of hydrogen-bond acceptors (Lipinski definition) is 22. The van der Waals surface area contributed by atoms with Gasteiger partial charge in [-0.05, 0) is 83.9 Å². The average Bonchev–Trinajstić information content (AvgIpc) is 3.30. The highest BCUT2D eigenvalue weighted by atomic mass is 32.2. The molecule has 0 amide bonds. The van der Waals surface area contributed by atoms with E-state index in [0.29, 0.717) is 0 Å². The quantitative estimate of drug-likeness (QED) is 0.0327. The number of aliphatic hydroxyl groups is 4. The van der Waals surface area contributed by atoms with E-state index in [4.69, 9.17) is 0 Å². The van der Waals surface area contributed by atoms with Crippen molar-refractivity contribution in [3.8, 4) is 0 Å². The Kier molecular flexibility index (Phi) is 17.3. The zero-order chi connectivity index (χ0) is 52.4. The first kappa shape index (κ1) is 54.3. The van der Waals surface area contributed by atoms with Crippen molar-refractivity contribution in [2.45, 2.75) is 19.6 Å². The van der Waals surface area contributed by atoms with Crippen LogP contribution in [0.5, 0.6) is 0 Å². The van der Waals surface area contributed by atoms with Crippen molar-refractivity contribution in [3.05, 3.63) is 107 Å². The highest BCUT2D eigenvalue weighted by molar-refractivity contribution is 7.86. The molecule has 0 radical (unpaired) electrons. The summed E-state index contributed by atoms with van der Waals surface area (Å²) in [5.74, 6) is -0.277. The summed E-state index contributed by atoms with van der Waals surface area (Å²) in [5.41, 5.74) is -0.541. The van der Waals surface area contributed by atoms with Gasteiger partial charge in [0.25, 0.3) is 40.5 Å². The lowest BCUT2D eigenvalue weighted by molar-refractivity contribution is 0.279. The first-order valence-corrected chi connectivity index (χ1v) is 26.3. The fourth-order valence-corrected chi connectivity index (χ4v) is 8.79. The number of aromatic nitrogens is 6. The minimum atomic E-state index is -5.04. The molecule has 12 N–H and O–H groups in total. The van der Waals surface area contributed by atoms with E-state index in [-0.39, 0.29) is 122 Å². The third-order valence-electron chi connectivity index (χ3n) is 9.65. The topological polar surface area (TPSA) is 437 Å². The monoisotopic (exact) mass is 1080 g/mol. The van der Waals surface area contributed by atoms with Crippen LogP contribution in [0, 0.1) is 0 Å².